The largest absolute Gasteiger partial charge is 0.325 e. The number of hydrogen-bond acceptors (Lipinski definition) is 9. The number of para-hydroxylation sites is 2. The van der Waals surface area contributed by atoms with Gasteiger partial charge in [0.05, 0.1) is 33.1 Å². The summed E-state index contributed by atoms with van der Waals surface area (Å²) in [7, 11) is 0. The minimum absolute atomic E-state index is 0.0947. The Morgan fingerprint density at radius 3 is 2.51 bits per heavy atom. The third-order valence-electron chi connectivity index (χ3n) is 4.90. The first kappa shape index (κ1) is 24.9. The smallest absolute Gasteiger partial charge is 0.234 e. The van der Waals surface area contributed by atoms with Gasteiger partial charge in [0.25, 0.3) is 0 Å². The first-order valence-electron chi connectivity index (χ1n) is 10.9. The van der Waals surface area contributed by atoms with Crippen molar-refractivity contribution < 1.29 is 14.0 Å². The molecule has 3 aromatic carbocycles. The van der Waals surface area contributed by atoms with Crippen molar-refractivity contribution in [2.24, 2.45) is 0 Å². The number of carbonyl (C=O) groups is 2. The van der Waals surface area contributed by atoms with Crippen LogP contribution in [0.2, 0.25) is 0 Å². The van der Waals surface area contributed by atoms with Crippen LogP contribution in [-0.4, -0.2) is 48.5 Å². The molecular formula is C24H18FN7O2S3. The van der Waals surface area contributed by atoms with Crippen LogP contribution in [0.25, 0.3) is 15.9 Å². The Morgan fingerprint density at radius 1 is 0.919 bits per heavy atom. The van der Waals surface area contributed by atoms with Gasteiger partial charge in [-0.25, -0.2) is 9.37 Å². The number of thioether (sulfide) groups is 2. The predicted molar refractivity (Wildman–Crippen MR) is 144 cm³/mol. The molecule has 5 aromatic rings. The van der Waals surface area contributed by atoms with E-state index in [0.717, 1.165) is 15.9 Å². The molecule has 0 atom stereocenters. The standard InChI is InChI=1S/C24H18FN7O2S3/c25-17-8-4-5-9-18(17)27-22(34)14-36-24-28-19-11-10-15(12-20(19)37-24)26-21(33)13-35-23-29-30-31-32(23)16-6-2-1-3-7-16/h1-12H,13-14H2,(H,26,33)(H,27,34). The number of rotatable bonds is 9. The van der Waals surface area contributed by atoms with Crippen LogP contribution < -0.4 is 10.6 Å². The fourth-order valence-electron chi connectivity index (χ4n) is 3.25. The zero-order chi connectivity index (χ0) is 25.6. The molecule has 0 aliphatic rings. The van der Waals surface area contributed by atoms with E-state index >= 15 is 0 Å². The Bertz CT molecular complexity index is 1560. The van der Waals surface area contributed by atoms with E-state index in [1.165, 1.54) is 47.0 Å². The normalized spacial score (nSPS) is 10.9. The first-order chi connectivity index (χ1) is 18.0. The van der Waals surface area contributed by atoms with Gasteiger partial charge in [-0.05, 0) is 52.9 Å². The van der Waals surface area contributed by atoms with Crippen molar-refractivity contribution in [1.82, 2.24) is 25.2 Å². The van der Waals surface area contributed by atoms with Gasteiger partial charge in [0.2, 0.25) is 17.0 Å². The van der Waals surface area contributed by atoms with Crippen LogP contribution in [0.1, 0.15) is 0 Å². The van der Waals surface area contributed by atoms with E-state index in [9.17, 15) is 14.0 Å². The first-order valence-corrected chi connectivity index (χ1v) is 13.7. The van der Waals surface area contributed by atoms with Crippen molar-refractivity contribution in [3.63, 3.8) is 0 Å². The Hall–Kier alpha value is -3.81. The van der Waals surface area contributed by atoms with Gasteiger partial charge in [0.1, 0.15) is 5.82 Å². The number of nitrogens with zero attached hydrogens (tertiary/aromatic N) is 5. The second-order valence-electron chi connectivity index (χ2n) is 7.52. The van der Waals surface area contributed by atoms with Gasteiger partial charge in [-0.15, -0.1) is 16.4 Å². The zero-order valence-electron chi connectivity index (χ0n) is 19.0. The molecule has 0 unspecified atom stereocenters. The van der Waals surface area contributed by atoms with Gasteiger partial charge in [-0.3, -0.25) is 9.59 Å². The van der Waals surface area contributed by atoms with Gasteiger partial charge in [-0.1, -0.05) is 53.9 Å². The van der Waals surface area contributed by atoms with E-state index in [4.69, 9.17) is 0 Å². The van der Waals surface area contributed by atoms with Gasteiger partial charge < -0.3 is 10.6 Å². The summed E-state index contributed by atoms with van der Waals surface area (Å²) in [5, 5.41) is 17.7. The van der Waals surface area contributed by atoms with Crippen molar-refractivity contribution in [3.8, 4) is 5.69 Å². The van der Waals surface area contributed by atoms with E-state index in [1.807, 2.05) is 42.5 Å². The Balaban J connectivity index is 1.16. The molecule has 0 radical (unpaired) electrons. The molecule has 0 aliphatic heterocycles. The number of aromatic nitrogens is 5. The Morgan fingerprint density at radius 2 is 1.68 bits per heavy atom. The average Bonchev–Trinajstić information content (AvgIpc) is 3.54. The third-order valence-corrected chi connectivity index (χ3v) is 7.98. The highest BCUT2D eigenvalue weighted by atomic mass is 32.2. The van der Waals surface area contributed by atoms with Crippen molar-refractivity contribution in [2.75, 3.05) is 22.1 Å². The van der Waals surface area contributed by atoms with Gasteiger partial charge in [0, 0.05) is 5.69 Å². The van der Waals surface area contributed by atoms with Crippen LogP contribution in [0, 0.1) is 5.82 Å². The molecule has 0 spiro atoms. The van der Waals surface area contributed by atoms with E-state index in [-0.39, 0.29) is 29.0 Å². The Labute approximate surface area is 222 Å². The van der Waals surface area contributed by atoms with Crippen LogP contribution in [0.15, 0.2) is 82.3 Å². The lowest BCUT2D eigenvalue weighted by Gasteiger charge is -2.06. The van der Waals surface area contributed by atoms with Crippen LogP contribution in [0.3, 0.4) is 0 Å². The number of anilines is 2. The maximum atomic E-state index is 13.7. The summed E-state index contributed by atoms with van der Waals surface area (Å²) in [5.41, 5.74) is 2.35. The summed E-state index contributed by atoms with van der Waals surface area (Å²) in [4.78, 5) is 29.3. The molecule has 2 aromatic heterocycles. The minimum Gasteiger partial charge on any atom is -0.325 e. The molecule has 13 heteroatoms. The van der Waals surface area contributed by atoms with E-state index in [1.54, 1.807) is 22.9 Å². The molecule has 0 saturated heterocycles. The van der Waals surface area contributed by atoms with Crippen LogP contribution in [0.5, 0.6) is 0 Å². The summed E-state index contributed by atoms with van der Waals surface area (Å²) >= 11 is 3.91. The number of fused-ring (bicyclic) bond motifs is 1. The second-order valence-corrected chi connectivity index (χ2v) is 10.7. The van der Waals surface area contributed by atoms with Crippen molar-refractivity contribution in [1.29, 1.82) is 0 Å². The molecule has 0 saturated carbocycles. The van der Waals surface area contributed by atoms with Crippen LogP contribution >= 0.6 is 34.9 Å². The molecule has 0 bridgehead atoms. The molecular weight excluding hydrogens is 534 g/mol. The molecule has 2 N–H and O–H groups in total. The number of nitrogens with one attached hydrogen (secondary N) is 2. The molecule has 9 nitrogen and oxygen atoms in total. The highest BCUT2D eigenvalue weighted by Crippen LogP contribution is 2.31. The molecule has 2 heterocycles. The van der Waals surface area contributed by atoms with E-state index < -0.39 is 5.82 Å². The number of amides is 2. The lowest BCUT2D eigenvalue weighted by Crippen LogP contribution is -2.14. The minimum atomic E-state index is -0.483. The quantitative estimate of drug-likeness (QED) is 0.249. The van der Waals surface area contributed by atoms with Crippen LogP contribution in [-0.2, 0) is 9.59 Å². The Kier molecular flexibility index (Phi) is 7.73. The van der Waals surface area contributed by atoms with E-state index in [2.05, 4.69) is 31.1 Å². The molecule has 37 heavy (non-hydrogen) atoms. The summed E-state index contributed by atoms with van der Waals surface area (Å²) < 4.78 is 16.9. The van der Waals surface area contributed by atoms with Crippen LogP contribution in [0.4, 0.5) is 15.8 Å². The summed E-state index contributed by atoms with van der Waals surface area (Å²) in [6.45, 7) is 0. The lowest BCUT2D eigenvalue weighted by molar-refractivity contribution is -0.114. The predicted octanol–water partition coefficient (Wildman–Crippen LogP) is 4.87. The summed E-state index contributed by atoms with van der Waals surface area (Å²) in [6, 6.07) is 20.9. The molecule has 5 rings (SSSR count). The average molecular weight is 552 g/mol. The third kappa shape index (κ3) is 6.31. The fourth-order valence-corrected chi connectivity index (χ4v) is 5.84. The van der Waals surface area contributed by atoms with Crippen molar-refractivity contribution in [2.45, 2.75) is 9.50 Å². The molecule has 0 aliphatic carbocycles. The van der Waals surface area contributed by atoms with Crippen molar-refractivity contribution in [3.05, 3.63) is 78.6 Å². The highest BCUT2D eigenvalue weighted by molar-refractivity contribution is 8.01. The number of carbonyl (C=O) groups excluding carboxylic acids is 2. The SMILES string of the molecule is O=C(CSc1nnnn1-c1ccccc1)Nc1ccc2nc(SCC(=O)Nc3ccccc3F)sc2c1. The maximum absolute atomic E-state index is 13.7. The highest BCUT2D eigenvalue weighted by Gasteiger charge is 2.13. The maximum Gasteiger partial charge on any atom is 0.234 e. The zero-order valence-corrected chi connectivity index (χ0v) is 21.4. The lowest BCUT2D eigenvalue weighted by atomic mass is 10.3. The number of thiazole rings is 1. The molecule has 186 valence electrons. The molecule has 0 fully saturated rings. The second kappa shape index (κ2) is 11.5. The summed E-state index contributed by atoms with van der Waals surface area (Å²) in [5.74, 6) is -0.776. The number of halogens is 1. The summed E-state index contributed by atoms with van der Waals surface area (Å²) in [6.07, 6.45) is 0. The monoisotopic (exact) mass is 551 g/mol. The van der Waals surface area contributed by atoms with Crippen molar-refractivity contribution >= 4 is 68.3 Å². The van der Waals surface area contributed by atoms with Gasteiger partial charge in [-0.2, -0.15) is 4.68 Å². The number of tetrazole rings is 1. The number of hydrogen-bond donors (Lipinski definition) is 2. The number of benzene rings is 3. The topological polar surface area (TPSA) is 115 Å². The fraction of sp³-hybridized carbons (Fsp3) is 0.0833. The van der Waals surface area contributed by atoms with Gasteiger partial charge >= 0.3 is 0 Å². The van der Waals surface area contributed by atoms with E-state index in [0.29, 0.717) is 15.2 Å². The van der Waals surface area contributed by atoms with Gasteiger partial charge in [0.15, 0.2) is 4.34 Å². The molecule has 2 amide bonds.